The van der Waals surface area contributed by atoms with Crippen LogP contribution in [0, 0.1) is 11.3 Å². The van der Waals surface area contributed by atoms with E-state index in [9.17, 15) is 8.78 Å². The number of benzene rings is 1. The van der Waals surface area contributed by atoms with E-state index in [1.54, 1.807) is 6.07 Å². The SMILES string of the molecule is CC(F)(F)CCc1ccccc1CC#N. The predicted octanol–water partition coefficient (Wildman–Crippen LogP) is 3.34. The Morgan fingerprint density at radius 2 is 1.87 bits per heavy atom. The van der Waals surface area contributed by atoms with Crippen LogP contribution < -0.4 is 0 Å². The first-order valence-corrected chi connectivity index (χ1v) is 4.84. The van der Waals surface area contributed by atoms with Gasteiger partial charge in [-0.05, 0) is 24.5 Å². The van der Waals surface area contributed by atoms with Gasteiger partial charge >= 0.3 is 0 Å². The molecule has 0 saturated carbocycles. The van der Waals surface area contributed by atoms with Crippen molar-refractivity contribution in [2.75, 3.05) is 0 Å². The molecule has 0 unspecified atom stereocenters. The van der Waals surface area contributed by atoms with Crippen LogP contribution in [0.5, 0.6) is 0 Å². The molecule has 0 bridgehead atoms. The van der Waals surface area contributed by atoms with Gasteiger partial charge in [0.25, 0.3) is 0 Å². The molecule has 1 aromatic carbocycles. The Morgan fingerprint density at radius 1 is 1.27 bits per heavy atom. The second-order valence-corrected chi connectivity index (χ2v) is 3.67. The molecule has 15 heavy (non-hydrogen) atoms. The van der Waals surface area contributed by atoms with Crippen molar-refractivity contribution in [1.82, 2.24) is 0 Å². The molecule has 0 amide bonds. The molecule has 1 aromatic rings. The lowest BCUT2D eigenvalue weighted by Gasteiger charge is -2.11. The van der Waals surface area contributed by atoms with Crippen LogP contribution in [0.25, 0.3) is 0 Å². The van der Waals surface area contributed by atoms with Gasteiger partial charge in [-0.1, -0.05) is 24.3 Å². The van der Waals surface area contributed by atoms with E-state index >= 15 is 0 Å². The van der Waals surface area contributed by atoms with E-state index in [-0.39, 0.29) is 12.8 Å². The normalized spacial score (nSPS) is 11.1. The molecule has 0 spiro atoms. The highest BCUT2D eigenvalue weighted by Gasteiger charge is 2.20. The molecular weight excluding hydrogens is 196 g/mol. The number of nitriles is 1. The molecule has 0 N–H and O–H groups in total. The second-order valence-electron chi connectivity index (χ2n) is 3.67. The standard InChI is InChI=1S/C12H13F2N/c1-12(13,14)8-6-10-4-2-3-5-11(10)7-9-15/h2-5H,6-8H2,1H3. The van der Waals surface area contributed by atoms with Gasteiger partial charge in [-0.3, -0.25) is 0 Å². The monoisotopic (exact) mass is 209 g/mol. The maximum atomic E-state index is 12.7. The fraction of sp³-hybridized carbons (Fsp3) is 0.417. The molecule has 0 aliphatic rings. The molecule has 0 radical (unpaired) electrons. The van der Waals surface area contributed by atoms with Gasteiger partial charge in [0.1, 0.15) is 0 Å². The summed E-state index contributed by atoms with van der Waals surface area (Å²) in [5, 5.41) is 8.57. The van der Waals surface area contributed by atoms with E-state index in [1.165, 1.54) is 0 Å². The van der Waals surface area contributed by atoms with Crippen LogP contribution in [-0.4, -0.2) is 5.92 Å². The number of hydrogen-bond donors (Lipinski definition) is 0. The van der Waals surface area contributed by atoms with Crippen LogP contribution in [0.3, 0.4) is 0 Å². The highest BCUT2D eigenvalue weighted by molar-refractivity contribution is 5.29. The van der Waals surface area contributed by atoms with Gasteiger partial charge in [-0.2, -0.15) is 5.26 Å². The summed E-state index contributed by atoms with van der Waals surface area (Å²) in [6.07, 6.45) is 0.433. The minimum absolute atomic E-state index is 0.171. The summed E-state index contributed by atoms with van der Waals surface area (Å²) in [6.45, 7) is 0.917. The number of halogens is 2. The van der Waals surface area contributed by atoms with Crippen molar-refractivity contribution < 1.29 is 8.78 Å². The van der Waals surface area contributed by atoms with Crippen LogP contribution in [0.4, 0.5) is 8.78 Å². The number of alkyl halides is 2. The maximum Gasteiger partial charge on any atom is 0.245 e. The largest absolute Gasteiger partial charge is 0.245 e. The molecule has 0 atom stereocenters. The minimum Gasteiger partial charge on any atom is -0.207 e. The Balaban J connectivity index is 2.72. The molecule has 0 fully saturated rings. The van der Waals surface area contributed by atoms with E-state index in [0.717, 1.165) is 18.1 Å². The van der Waals surface area contributed by atoms with Crippen molar-refractivity contribution in [3.05, 3.63) is 35.4 Å². The molecule has 3 heteroatoms. The fourth-order valence-electron chi connectivity index (χ4n) is 1.41. The smallest absolute Gasteiger partial charge is 0.207 e. The maximum absolute atomic E-state index is 12.7. The van der Waals surface area contributed by atoms with Gasteiger partial charge in [0, 0.05) is 6.42 Å². The summed E-state index contributed by atoms with van der Waals surface area (Å²) in [7, 11) is 0. The molecule has 0 aliphatic heterocycles. The Kier molecular flexibility index (Phi) is 3.79. The lowest BCUT2D eigenvalue weighted by molar-refractivity contribution is 0.0133. The lowest BCUT2D eigenvalue weighted by atomic mass is 9.99. The summed E-state index contributed by atoms with van der Waals surface area (Å²) in [6, 6.07) is 9.28. The Hall–Kier alpha value is -1.43. The zero-order valence-corrected chi connectivity index (χ0v) is 8.63. The van der Waals surface area contributed by atoms with Gasteiger partial charge < -0.3 is 0 Å². The van der Waals surface area contributed by atoms with Crippen molar-refractivity contribution in [3.8, 4) is 6.07 Å². The van der Waals surface area contributed by atoms with Gasteiger partial charge in [-0.25, -0.2) is 8.78 Å². The molecule has 0 aromatic heterocycles. The van der Waals surface area contributed by atoms with Crippen LogP contribution >= 0.6 is 0 Å². The average molecular weight is 209 g/mol. The minimum atomic E-state index is -2.64. The highest BCUT2D eigenvalue weighted by atomic mass is 19.3. The van der Waals surface area contributed by atoms with Crippen LogP contribution in [0.1, 0.15) is 24.5 Å². The summed E-state index contributed by atoms with van der Waals surface area (Å²) in [5.41, 5.74) is 1.70. The van der Waals surface area contributed by atoms with E-state index in [2.05, 4.69) is 0 Å². The predicted molar refractivity (Wildman–Crippen MR) is 54.7 cm³/mol. The number of hydrogen-bond acceptors (Lipinski definition) is 1. The third-order valence-corrected chi connectivity index (χ3v) is 2.22. The topological polar surface area (TPSA) is 23.8 Å². The average Bonchev–Trinajstić information content (AvgIpc) is 2.16. The van der Waals surface area contributed by atoms with Crippen LogP contribution in [0.15, 0.2) is 24.3 Å². The summed E-state index contributed by atoms with van der Waals surface area (Å²) in [5.74, 6) is -2.64. The van der Waals surface area contributed by atoms with Gasteiger partial charge in [-0.15, -0.1) is 0 Å². The molecule has 0 aliphatic carbocycles. The van der Waals surface area contributed by atoms with E-state index in [1.807, 2.05) is 24.3 Å². The van der Waals surface area contributed by atoms with Gasteiger partial charge in [0.2, 0.25) is 5.92 Å². The van der Waals surface area contributed by atoms with Gasteiger partial charge in [0.15, 0.2) is 0 Å². The Labute approximate surface area is 88.3 Å². The number of aryl methyl sites for hydroxylation is 1. The molecule has 1 nitrogen and oxygen atoms in total. The quantitative estimate of drug-likeness (QED) is 0.746. The van der Waals surface area contributed by atoms with Crippen molar-refractivity contribution in [2.45, 2.75) is 32.1 Å². The molecule has 0 saturated heterocycles. The van der Waals surface area contributed by atoms with E-state index in [0.29, 0.717) is 6.42 Å². The zero-order chi connectivity index (χ0) is 11.3. The summed E-state index contributed by atoms with van der Waals surface area (Å²) in [4.78, 5) is 0. The van der Waals surface area contributed by atoms with E-state index < -0.39 is 5.92 Å². The third-order valence-electron chi connectivity index (χ3n) is 2.22. The molecule has 1 rings (SSSR count). The van der Waals surface area contributed by atoms with Crippen LogP contribution in [0.2, 0.25) is 0 Å². The zero-order valence-electron chi connectivity index (χ0n) is 8.63. The van der Waals surface area contributed by atoms with Gasteiger partial charge in [0.05, 0.1) is 12.5 Å². The first kappa shape index (κ1) is 11.6. The third kappa shape index (κ3) is 4.07. The second kappa shape index (κ2) is 4.88. The molecule has 0 heterocycles. The Morgan fingerprint density at radius 3 is 2.40 bits per heavy atom. The summed E-state index contributed by atoms with van der Waals surface area (Å²) >= 11 is 0. The van der Waals surface area contributed by atoms with Crippen molar-refractivity contribution in [1.29, 1.82) is 5.26 Å². The summed E-state index contributed by atoms with van der Waals surface area (Å²) < 4.78 is 25.3. The highest BCUT2D eigenvalue weighted by Crippen LogP contribution is 2.21. The van der Waals surface area contributed by atoms with Crippen LogP contribution in [-0.2, 0) is 12.8 Å². The lowest BCUT2D eigenvalue weighted by Crippen LogP contribution is -2.11. The fourth-order valence-corrected chi connectivity index (χ4v) is 1.41. The molecular formula is C12H13F2N. The van der Waals surface area contributed by atoms with Crippen molar-refractivity contribution in [3.63, 3.8) is 0 Å². The van der Waals surface area contributed by atoms with Crippen molar-refractivity contribution in [2.24, 2.45) is 0 Å². The van der Waals surface area contributed by atoms with Crippen molar-refractivity contribution >= 4 is 0 Å². The number of rotatable bonds is 4. The first-order chi connectivity index (χ1) is 7.03. The van der Waals surface area contributed by atoms with E-state index in [4.69, 9.17) is 5.26 Å². The number of nitrogens with zero attached hydrogens (tertiary/aromatic N) is 1. The molecule has 80 valence electrons. The Bertz CT molecular complexity index is 361. The first-order valence-electron chi connectivity index (χ1n) is 4.84.